The second-order valence-electron chi connectivity index (χ2n) is 11.6. The molecule has 0 spiro atoms. The maximum atomic E-state index is 3.12. The van der Waals surface area contributed by atoms with Crippen molar-refractivity contribution in [3.8, 4) is 0 Å². The van der Waals surface area contributed by atoms with Crippen LogP contribution in [0.1, 0.15) is 91.9 Å². The number of amidine groups is 1. The minimum Gasteiger partial charge on any atom is -0.258 e. The van der Waals surface area contributed by atoms with Crippen LogP contribution < -0.4 is 0 Å². The van der Waals surface area contributed by atoms with Crippen molar-refractivity contribution in [1.82, 2.24) is 4.90 Å². The van der Waals surface area contributed by atoms with Crippen LogP contribution in [-0.4, -0.2) is 39.5 Å². The van der Waals surface area contributed by atoms with Gasteiger partial charge in [-0.25, -0.2) is 0 Å². The molecule has 1 saturated heterocycles. The first-order chi connectivity index (χ1) is 13.0. The summed E-state index contributed by atoms with van der Waals surface area (Å²) in [5.74, 6) is 6.83. The lowest BCUT2D eigenvalue weighted by atomic mass is 9.47. The van der Waals surface area contributed by atoms with E-state index in [1.807, 2.05) is 5.84 Å². The molecular weight excluding hydrogens is 328 g/mol. The Kier molecular flexibility index (Phi) is 3.56. The normalized spacial score (nSPS) is 55.6. The van der Waals surface area contributed by atoms with E-state index in [1.54, 1.807) is 6.42 Å². The maximum absolute atomic E-state index is 3.12. The molecule has 3 aliphatic carbocycles. The highest BCUT2D eigenvalue weighted by Crippen LogP contribution is 2.66. The zero-order valence-electron chi connectivity index (χ0n) is 18.2. The molecule has 2 heteroatoms. The molecule has 150 valence electrons. The van der Waals surface area contributed by atoms with Crippen LogP contribution in [-0.2, 0) is 0 Å². The molecule has 6 rings (SSSR count). The summed E-state index contributed by atoms with van der Waals surface area (Å²) in [5.41, 5.74) is 0.828. The third-order valence-electron chi connectivity index (χ3n) is 11.4. The number of hydrogen-bond donors (Lipinski definition) is 0. The summed E-state index contributed by atoms with van der Waals surface area (Å²) in [6.45, 7) is 11.8. The van der Waals surface area contributed by atoms with Gasteiger partial charge in [-0.1, -0.05) is 20.8 Å². The van der Waals surface area contributed by atoms with Crippen LogP contribution in [0.2, 0.25) is 0 Å². The van der Waals surface area contributed by atoms with Gasteiger partial charge >= 0.3 is 0 Å². The molecule has 4 fully saturated rings. The molecule has 3 aliphatic heterocycles. The summed E-state index contributed by atoms with van der Waals surface area (Å²) in [6.07, 6.45) is 14.7. The smallest absolute Gasteiger partial charge is 0.251 e. The third kappa shape index (κ3) is 1.83. The second kappa shape index (κ2) is 5.54. The quantitative estimate of drug-likeness (QED) is 0.598. The maximum Gasteiger partial charge on any atom is 0.251 e. The summed E-state index contributed by atoms with van der Waals surface area (Å²) >= 11 is 0. The van der Waals surface area contributed by atoms with Crippen molar-refractivity contribution in [1.29, 1.82) is 0 Å². The van der Waals surface area contributed by atoms with Gasteiger partial charge in [0.05, 0.1) is 12.5 Å². The van der Waals surface area contributed by atoms with Crippen LogP contribution in [0.25, 0.3) is 0 Å². The fraction of sp³-hybridized carbons (Fsp3) is 0.960. The SMILES string of the molecule is CCC1(C)C2CCC3CCC4C[N+]5=C(C2C34)N(C2CCCCC25)C1(C)CC. The van der Waals surface area contributed by atoms with Gasteiger partial charge in [0.2, 0.25) is 0 Å². The van der Waals surface area contributed by atoms with Crippen molar-refractivity contribution >= 4 is 5.84 Å². The van der Waals surface area contributed by atoms with E-state index in [4.69, 9.17) is 0 Å². The van der Waals surface area contributed by atoms with Crippen LogP contribution in [0.5, 0.6) is 0 Å². The predicted molar refractivity (Wildman–Crippen MR) is 111 cm³/mol. The van der Waals surface area contributed by atoms with Crippen molar-refractivity contribution in [2.24, 2.45) is 35.0 Å². The molecule has 27 heavy (non-hydrogen) atoms. The first kappa shape index (κ1) is 17.3. The number of nitrogens with zero attached hydrogens (tertiary/aromatic N) is 2. The van der Waals surface area contributed by atoms with Gasteiger partial charge < -0.3 is 0 Å². The van der Waals surface area contributed by atoms with Gasteiger partial charge in [0.1, 0.15) is 17.6 Å². The van der Waals surface area contributed by atoms with Crippen molar-refractivity contribution in [2.45, 2.75) is 110 Å². The summed E-state index contributed by atoms with van der Waals surface area (Å²) in [6, 6.07) is 1.67. The first-order valence-corrected chi connectivity index (χ1v) is 12.5. The molecule has 6 aliphatic rings. The standard InChI is InChI=1S/C25H41N2/c1-5-24(3)18-14-13-16-11-12-17-15-26-19-9-7-8-10-20(19)27(25(24,4)6-2)23(26)22(18)21(16)17/h16-22H,5-15H2,1-4H3/q+1. The van der Waals surface area contributed by atoms with Crippen molar-refractivity contribution in [3.05, 3.63) is 0 Å². The minimum atomic E-state index is 0.353. The Morgan fingerprint density at radius 3 is 2.44 bits per heavy atom. The lowest BCUT2D eigenvalue weighted by molar-refractivity contribution is -0.578. The Morgan fingerprint density at radius 2 is 1.67 bits per heavy atom. The molecule has 0 radical (unpaired) electrons. The van der Waals surface area contributed by atoms with E-state index in [-0.39, 0.29) is 0 Å². The molecule has 9 atom stereocenters. The van der Waals surface area contributed by atoms with Gasteiger partial charge in [-0.15, -0.1) is 0 Å². The molecule has 2 nitrogen and oxygen atoms in total. The average molecular weight is 370 g/mol. The number of piperidine rings is 1. The fourth-order valence-electron chi connectivity index (χ4n) is 9.82. The topological polar surface area (TPSA) is 6.25 Å². The second-order valence-corrected chi connectivity index (χ2v) is 11.6. The van der Waals surface area contributed by atoms with Crippen molar-refractivity contribution < 1.29 is 4.58 Å². The molecular formula is C25H41N2+. The molecule has 0 aromatic carbocycles. The monoisotopic (exact) mass is 369 g/mol. The Morgan fingerprint density at radius 1 is 0.926 bits per heavy atom. The Balaban J connectivity index is 1.59. The van der Waals surface area contributed by atoms with E-state index in [2.05, 4.69) is 37.2 Å². The van der Waals surface area contributed by atoms with E-state index >= 15 is 0 Å². The van der Waals surface area contributed by atoms with E-state index in [9.17, 15) is 0 Å². The zero-order valence-corrected chi connectivity index (χ0v) is 18.2. The van der Waals surface area contributed by atoms with Crippen LogP contribution in [0.3, 0.4) is 0 Å². The average Bonchev–Trinajstić information content (AvgIpc) is 3.27. The minimum absolute atomic E-state index is 0.353. The predicted octanol–water partition coefficient (Wildman–Crippen LogP) is 5.31. The summed E-state index contributed by atoms with van der Waals surface area (Å²) in [4.78, 5) is 3.12. The van der Waals surface area contributed by atoms with Crippen molar-refractivity contribution in [2.75, 3.05) is 6.54 Å². The highest BCUT2D eigenvalue weighted by Gasteiger charge is 2.73. The van der Waals surface area contributed by atoms with Gasteiger partial charge in [-0.3, -0.25) is 9.48 Å². The molecule has 0 aromatic heterocycles. The van der Waals surface area contributed by atoms with Gasteiger partial charge in [-0.2, -0.15) is 0 Å². The van der Waals surface area contributed by atoms with Crippen LogP contribution in [0.15, 0.2) is 0 Å². The first-order valence-electron chi connectivity index (χ1n) is 12.5. The molecule has 0 N–H and O–H groups in total. The molecule has 0 bridgehead atoms. The Bertz CT molecular complexity index is 682. The molecule has 0 aromatic rings. The largest absolute Gasteiger partial charge is 0.258 e. The van der Waals surface area contributed by atoms with E-state index < -0.39 is 0 Å². The molecule has 0 amide bonds. The lowest BCUT2D eigenvalue weighted by Crippen LogP contribution is -2.72. The summed E-state index contributed by atoms with van der Waals surface area (Å²) in [7, 11) is 0. The van der Waals surface area contributed by atoms with E-state index in [0.29, 0.717) is 11.0 Å². The molecule has 3 saturated carbocycles. The van der Waals surface area contributed by atoms with Gasteiger partial charge in [0, 0.05) is 11.3 Å². The zero-order chi connectivity index (χ0) is 18.6. The van der Waals surface area contributed by atoms with Gasteiger partial charge in [0.25, 0.3) is 5.84 Å². The van der Waals surface area contributed by atoms with E-state index in [0.717, 1.165) is 41.7 Å². The van der Waals surface area contributed by atoms with Gasteiger partial charge in [0.15, 0.2) is 0 Å². The Labute approximate surface area is 166 Å². The fourth-order valence-corrected chi connectivity index (χ4v) is 9.82. The number of fused-ring (bicyclic) bond motifs is 3. The van der Waals surface area contributed by atoms with Gasteiger partial charge in [-0.05, 0) is 88.9 Å². The summed E-state index contributed by atoms with van der Waals surface area (Å²) in [5, 5.41) is 0. The molecule has 3 heterocycles. The van der Waals surface area contributed by atoms with Crippen molar-refractivity contribution in [3.63, 3.8) is 0 Å². The third-order valence-corrected chi connectivity index (χ3v) is 11.4. The Hall–Kier alpha value is -0.530. The lowest BCUT2D eigenvalue weighted by Gasteiger charge is -2.63. The highest BCUT2D eigenvalue weighted by atomic mass is 15.4. The van der Waals surface area contributed by atoms with Crippen LogP contribution >= 0.6 is 0 Å². The van der Waals surface area contributed by atoms with Crippen LogP contribution in [0, 0.1) is 35.0 Å². The highest BCUT2D eigenvalue weighted by molar-refractivity contribution is 5.85. The summed E-state index contributed by atoms with van der Waals surface area (Å²) < 4.78 is 3.04. The van der Waals surface area contributed by atoms with Crippen LogP contribution in [0.4, 0.5) is 0 Å². The molecule has 9 unspecified atom stereocenters. The number of hydrogen-bond acceptors (Lipinski definition) is 1. The van der Waals surface area contributed by atoms with E-state index in [1.165, 1.54) is 64.3 Å². The number of rotatable bonds is 2.